The Hall–Kier alpha value is -1.64. The SMILES string of the molecule is CC=CC(=O)N1CCc2nc3c(cc2C1)CCCC3. The molecule has 0 unspecified atom stereocenters. The van der Waals surface area contributed by atoms with Crippen LogP contribution < -0.4 is 0 Å². The molecule has 1 aliphatic carbocycles. The Balaban J connectivity index is 1.86. The van der Waals surface area contributed by atoms with Crippen LogP contribution in [0.15, 0.2) is 18.2 Å². The summed E-state index contributed by atoms with van der Waals surface area (Å²) < 4.78 is 0. The van der Waals surface area contributed by atoms with E-state index in [0.29, 0.717) is 0 Å². The number of carbonyl (C=O) groups excluding carboxylic acids is 1. The molecule has 0 saturated carbocycles. The van der Waals surface area contributed by atoms with Gasteiger partial charge in [0.2, 0.25) is 5.91 Å². The predicted molar refractivity (Wildman–Crippen MR) is 74.8 cm³/mol. The van der Waals surface area contributed by atoms with E-state index in [9.17, 15) is 4.79 Å². The number of pyridine rings is 1. The summed E-state index contributed by atoms with van der Waals surface area (Å²) in [7, 11) is 0. The first-order valence-electron chi connectivity index (χ1n) is 7.20. The average molecular weight is 256 g/mol. The van der Waals surface area contributed by atoms with Gasteiger partial charge in [-0.1, -0.05) is 12.1 Å². The highest BCUT2D eigenvalue weighted by Gasteiger charge is 2.22. The zero-order chi connectivity index (χ0) is 13.2. The van der Waals surface area contributed by atoms with Gasteiger partial charge in [-0.2, -0.15) is 0 Å². The van der Waals surface area contributed by atoms with Crippen LogP contribution in [0.5, 0.6) is 0 Å². The number of fused-ring (bicyclic) bond motifs is 2. The quantitative estimate of drug-likeness (QED) is 0.723. The Bertz CT molecular complexity index is 534. The van der Waals surface area contributed by atoms with E-state index < -0.39 is 0 Å². The molecule has 1 aliphatic heterocycles. The Morgan fingerprint density at radius 1 is 1.21 bits per heavy atom. The Labute approximate surface area is 114 Å². The molecule has 1 aromatic rings. The number of hydrogen-bond donors (Lipinski definition) is 0. The number of carbonyl (C=O) groups is 1. The second-order valence-electron chi connectivity index (χ2n) is 5.42. The summed E-state index contributed by atoms with van der Waals surface area (Å²) in [5, 5.41) is 0. The third-order valence-electron chi connectivity index (χ3n) is 4.07. The maximum absolute atomic E-state index is 11.9. The van der Waals surface area contributed by atoms with E-state index >= 15 is 0 Å². The van der Waals surface area contributed by atoms with Crippen LogP contribution >= 0.6 is 0 Å². The van der Waals surface area contributed by atoms with Gasteiger partial charge in [-0.3, -0.25) is 9.78 Å². The minimum absolute atomic E-state index is 0.117. The van der Waals surface area contributed by atoms with Gasteiger partial charge >= 0.3 is 0 Å². The second-order valence-corrected chi connectivity index (χ2v) is 5.42. The van der Waals surface area contributed by atoms with Crippen molar-refractivity contribution in [2.45, 2.75) is 45.6 Å². The van der Waals surface area contributed by atoms with E-state index in [2.05, 4.69) is 6.07 Å². The third-order valence-corrected chi connectivity index (χ3v) is 4.07. The molecule has 0 aromatic carbocycles. The average Bonchev–Trinajstić information content (AvgIpc) is 2.44. The van der Waals surface area contributed by atoms with E-state index in [0.717, 1.165) is 32.4 Å². The van der Waals surface area contributed by atoms with Crippen LogP contribution in [0.2, 0.25) is 0 Å². The monoisotopic (exact) mass is 256 g/mol. The predicted octanol–water partition coefficient (Wildman–Crippen LogP) is 2.42. The van der Waals surface area contributed by atoms with Gasteiger partial charge < -0.3 is 4.90 Å². The van der Waals surface area contributed by atoms with Gasteiger partial charge in [0, 0.05) is 30.9 Å². The van der Waals surface area contributed by atoms with Gasteiger partial charge in [0.25, 0.3) is 0 Å². The number of aryl methyl sites for hydroxylation is 2. The lowest BCUT2D eigenvalue weighted by atomic mass is 9.92. The Kier molecular flexibility index (Phi) is 3.36. The highest BCUT2D eigenvalue weighted by molar-refractivity contribution is 5.87. The second kappa shape index (κ2) is 5.16. The number of aromatic nitrogens is 1. The zero-order valence-electron chi connectivity index (χ0n) is 11.5. The molecule has 3 rings (SSSR count). The number of nitrogens with zero attached hydrogens (tertiary/aromatic N) is 2. The van der Waals surface area contributed by atoms with Gasteiger partial charge in [-0.15, -0.1) is 0 Å². The number of amides is 1. The molecule has 0 spiro atoms. The molecule has 0 bridgehead atoms. The molecule has 0 fully saturated rings. The fraction of sp³-hybridized carbons (Fsp3) is 0.500. The minimum atomic E-state index is 0.117. The Morgan fingerprint density at radius 3 is 2.84 bits per heavy atom. The molecule has 3 heteroatoms. The van der Waals surface area contributed by atoms with E-state index in [-0.39, 0.29) is 5.91 Å². The Morgan fingerprint density at radius 2 is 2.00 bits per heavy atom. The smallest absolute Gasteiger partial charge is 0.246 e. The molecule has 3 nitrogen and oxygen atoms in total. The topological polar surface area (TPSA) is 33.2 Å². The summed E-state index contributed by atoms with van der Waals surface area (Å²) >= 11 is 0. The number of allylic oxidation sites excluding steroid dienone is 1. The van der Waals surface area contributed by atoms with E-state index in [1.165, 1.54) is 35.4 Å². The van der Waals surface area contributed by atoms with Crippen LogP contribution in [-0.4, -0.2) is 22.3 Å². The van der Waals surface area contributed by atoms with Crippen molar-refractivity contribution in [2.75, 3.05) is 6.54 Å². The highest BCUT2D eigenvalue weighted by atomic mass is 16.2. The van der Waals surface area contributed by atoms with Gasteiger partial charge in [0.05, 0.1) is 0 Å². The van der Waals surface area contributed by atoms with Crippen LogP contribution in [0.3, 0.4) is 0 Å². The molecule has 0 radical (unpaired) electrons. The molecule has 2 heterocycles. The van der Waals surface area contributed by atoms with Crippen molar-refractivity contribution in [3.63, 3.8) is 0 Å². The van der Waals surface area contributed by atoms with Crippen molar-refractivity contribution < 1.29 is 4.79 Å². The summed E-state index contributed by atoms with van der Waals surface area (Å²) in [6, 6.07) is 2.30. The first kappa shape index (κ1) is 12.4. The summed E-state index contributed by atoms with van der Waals surface area (Å²) in [5.41, 5.74) is 5.18. The third kappa shape index (κ3) is 2.42. The fourth-order valence-electron chi connectivity index (χ4n) is 3.04. The highest BCUT2D eigenvalue weighted by Crippen LogP contribution is 2.25. The number of rotatable bonds is 1. The molecule has 1 aromatic heterocycles. The fourth-order valence-corrected chi connectivity index (χ4v) is 3.04. The standard InChI is InChI=1S/C16H20N2O/c1-2-5-16(19)18-9-8-15-13(11-18)10-12-6-3-4-7-14(12)17-15/h2,5,10H,3-4,6-9,11H2,1H3. The zero-order valence-corrected chi connectivity index (χ0v) is 11.5. The molecule has 2 aliphatic rings. The van der Waals surface area contributed by atoms with Crippen LogP contribution in [-0.2, 0) is 30.6 Å². The maximum Gasteiger partial charge on any atom is 0.246 e. The van der Waals surface area contributed by atoms with Crippen molar-refractivity contribution in [3.8, 4) is 0 Å². The molecule has 1 amide bonds. The van der Waals surface area contributed by atoms with Crippen molar-refractivity contribution in [3.05, 3.63) is 40.7 Å². The molecule has 100 valence electrons. The van der Waals surface area contributed by atoms with Gasteiger partial charge in [-0.25, -0.2) is 0 Å². The molecular formula is C16H20N2O. The van der Waals surface area contributed by atoms with Crippen molar-refractivity contribution in [1.82, 2.24) is 9.88 Å². The van der Waals surface area contributed by atoms with Gasteiger partial charge in [-0.05, 0) is 49.8 Å². The summed E-state index contributed by atoms with van der Waals surface area (Å²) in [6.45, 7) is 3.40. The molecular weight excluding hydrogens is 236 g/mol. The van der Waals surface area contributed by atoms with Crippen LogP contribution in [0.4, 0.5) is 0 Å². The first-order valence-corrected chi connectivity index (χ1v) is 7.20. The first-order chi connectivity index (χ1) is 9.28. The molecule has 0 atom stereocenters. The molecule has 0 N–H and O–H groups in total. The molecule has 19 heavy (non-hydrogen) atoms. The summed E-state index contributed by atoms with van der Waals surface area (Å²) in [4.78, 5) is 18.7. The van der Waals surface area contributed by atoms with Crippen molar-refractivity contribution >= 4 is 5.91 Å². The van der Waals surface area contributed by atoms with Gasteiger partial charge in [0.15, 0.2) is 0 Å². The normalized spacial score (nSPS) is 18.3. The van der Waals surface area contributed by atoms with Crippen molar-refractivity contribution in [1.29, 1.82) is 0 Å². The van der Waals surface area contributed by atoms with Crippen LogP contribution in [0.1, 0.15) is 42.3 Å². The number of hydrogen-bond acceptors (Lipinski definition) is 2. The maximum atomic E-state index is 11.9. The lowest BCUT2D eigenvalue weighted by Crippen LogP contribution is -2.35. The lowest BCUT2D eigenvalue weighted by Gasteiger charge is -2.29. The van der Waals surface area contributed by atoms with Gasteiger partial charge in [0.1, 0.15) is 0 Å². The molecule has 0 saturated heterocycles. The van der Waals surface area contributed by atoms with Crippen molar-refractivity contribution in [2.24, 2.45) is 0 Å². The van der Waals surface area contributed by atoms with E-state index in [1.807, 2.05) is 17.9 Å². The van der Waals surface area contributed by atoms with E-state index in [4.69, 9.17) is 4.98 Å². The largest absolute Gasteiger partial charge is 0.334 e. The van der Waals surface area contributed by atoms with Crippen LogP contribution in [0, 0.1) is 0 Å². The van der Waals surface area contributed by atoms with Crippen LogP contribution in [0.25, 0.3) is 0 Å². The minimum Gasteiger partial charge on any atom is -0.334 e. The van der Waals surface area contributed by atoms with E-state index in [1.54, 1.807) is 6.08 Å². The summed E-state index contributed by atoms with van der Waals surface area (Å²) in [6.07, 6.45) is 9.17. The summed E-state index contributed by atoms with van der Waals surface area (Å²) in [5.74, 6) is 0.117. The lowest BCUT2D eigenvalue weighted by molar-refractivity contribution is -0.126.